The number of aromatic nitrogens is 1. The molecule has 0 fully saturated rings. The van der Waals surface area contributed by atoms with Gasteiger partial charge in [-0.2, -0.15) is 0 Å². The highest BCUT2D eigenvalue weighted by Crippen LogP contribution is 2.32. The number of rotatable bonds is 10. The summed E-state index contributed by atoms with van der Waals surface area (Å²) < 4.78 is 19.1. The van der Waals surface area contributed by atoms with E-state index >= 15 is 0 Å². The van der Waals surface area contributed by atoms with E-state index < -0.39 is 16.9 Å². The van der Waals surface area contributed by atoms with E-state index in [-0.39, 0.29) is 24.5 Å². The minimum atomic E-state index is -0.737. The van der Waals surface area contributed by atoms with E-state index in [1.165, 1.54) is 28.0 Å². The number of ether oxygens (including phenoxy) is 3. The van der Waals surface area contributed by atoms with Gasteiger partial charge < -0.3 is 14.2 Å². The lowest BCUT2D eigenvalue weighted by molar-refractivity contribution is -0.384. The molecular formula is C32H28ClN3O7S. The van der Waals surface area contributed by atoms with E-state index in [0.29, 0.717) is 54.9 Å². The summed E-state index contributed by atoms with van der Waals surface area (Å²) >= 11 is 7.35. The van der Waals surface area contributed by atoms with Gasteiger partial charge in [-0.25, -0.2) is 9.79 Å². The second-order valence-corrected chi connectivity index (χ2v) is 11.2. The van der Waals surface area contributed by atoms with E-state index in [4.69, 9.17) is 25.8 Å². The third kappa shape index (κ3) is 6.43. The van der Waals surface area contributed by atoms with Crippen LogP contribution < -0.4 is 24.4 Å². The first-order valence-electron chi connectivity index (χ1n) is 13.8. The lowest BCUT2D eigenvalue weighted by Gasteiger charge is -2.24. The Morgan fingerprint density at radius 2 is 1.77 bits per heavy atom. The number of nitro benzene ring substituents is 1. The molecule has 12 heteroatoms. The molecule has 1 aliphatic heterocycles. The largest absolute Gasteiger partial charge is 0.490 e. The van der Waals surface area contributed by atoms with Crippen LogP contribution in [0.25, 0.3) is 6.08 Å². The highest BCUT2D eigenvalue weighted by atomic mass is 35.5. The van der Waals surface area contributed by atoms with Crippen LogP contribution in [0.15, 0.2) is 87.8 Å². The maximum atomic E-state index is 13.9. The SMILES string of the molecule is CCOC(=O)C1=C(C)N=c2s/c(=C\c3ccc(OCc4ccc([N+](=O)[O-])cc4)c(OCC)c3)c(=O)n2C1c1ccc(Cl)cc1. The lowest BCUT2D eigenvalue weighted by atomic mass is 9.96. The average Bonchev–Trinajstić information content (AvgIpc) is 3.30. The molecule has 0 aliphatic carbocycles. The smallest absolute Gasteiger partial charge is 0.338 e. The highest BCUT2D eigenvalue weighted by Gasteiger charge is 2.33. The zero-order valence-electron chi connectivity index (χ0n) is 24.1. The van der Waals surface area contributed by atoms with Crippen molar-refractivity contribution in [1.29, 1.82) is 0 Å². The van der Waals surface area contributed by atoms with Crippen LogP contribution in [0, 0.1) is 10.1 Å². The van der Waals surface area contributed by atoms with Gasteiger partial charge in [-0.15, -0.1) is 0 Å². The number of nitrogens with zero attached hydrogens (tertiary/aromatic N) is 3. The molecule has 2 heterocycles. The summed E-state index contributed by atoms with van der Waals surface area (Å²) in [6, 6.07) is 17.7. The number of nitro groups is 1. The molecule has 0 amide bonds. The van der Waals surface area contributed by atoms with E-state index in [2.05, 4.69) is 4.99 Å². The first-order valence-corrected chi connectivity index (χ1v) is 15.0. The lowest BCUT2D eigenvalue weighted by Crippen LogP contribution is -2.39. The van der Waals surface area contributed by atoms with Crippen LogP contribution >= 0.6 is 22.9 Å². The molecule has 0 spiro atoms. The second kappa shape index (κ2) is 13.3. The van der Waals surface area contributed by atoms with Gasteiger partial charge in [0.05, 0.1) is 40.0 Å². The van der Waals surface area contributed by atoms with Crippen LogP contribution in [0.3, 0.4) is 0 Å². The Bertz CT molecular complexity index is 1930. The second-order valence-electron chi connectivity index (χ2n) is 9.71. The van der Waals surface area contributed by atoms with Crippen LogP contribution in [0.2, 0.25) is 5.02 Å². The third-order valence-corrected chi connectivity index (χ3v) is 8.04. The summed E-state index contributed by atoms with van der Waals surface area (Å²) in [6.07, 6.45) is 1.74. The Morgan fingerprint density at radius 3 is 2.43 bits per heavy atom. The minimum Gasteiger partial charge on any atom is -0.490 e. The molecule has 4 aromatic rings. The fourth-order valence-electron chi connectivity index (χ4n) is 4.78. The number of thiazole rings is 1. The van der Waals surface area contributed by atoms with Crippen LogP contribution in [0.4, 0.5) is 5.69 Å². The number of benzene rings is 3. The van der Waals surface area contributed by atoms with Gasteiger partial charge in [0.1, 0.15) is 6.61 Å². The van der Waals surface area contributed by atoms with Crippen molar-refractivity contribution in [2.24, 2.45) is 4.99 Å². The van der Waals surface area contributed by atoms with E-state index in [9.17, 15) is 19.7 Å². The van der Waals surface area contributed by atoms with Crippen molar-refractivity contribution in [2.45, 2.75) is 33.4 Å². The monoisotopic (exact) mass is 633 g/mol. The topological polar surface area (TPSA) is 122 Å². The van der Waals surface area contributed by atoms with Crippen molar-refractivity contribution >= 4 is 40.7 Å². The summed E-state index contributed by atoms with van der Waals surface area (Å²) in [5.74, 6) is 0.435. The van der Waals surface area contributed by atoms with Crippen LogP contribution in [-0.4, -0.2) is 28.7 Å². The molecule has 10 nitrogen and oxygen atoms in total. The van der Waals surface area contributed by atoms with Crippen molar-refractivity contribution in [3.8, 4) is 11.5 Å². The maximum Gasteiger partial charge on any atom is 0.338 e. The molecule has 5 rings (SSSR count). The number of allylic oxidation sites excluding steroid dienone is 1. The standard InChI is InChI=1S/C32H28ClN3O7S/c1-4-41-26-16-21(8-15-25(26)43-18-20-6-13-24(14-7-20)36(39)40)17-27-30(37)35-29(22-9-11-23(33)12-10-22)28(31(38)42-5-2)19(3)34-32(35)44-27/h6-17,29H,4-5,18H2,1-3H3/b27-17-. The fourth-order valence-corrected chi connectivity index (χ4v) is 5.95. The van der Waals surface area contributed by atoms with Crippen molar-refractivity contribution in [3.63, 3.8) is 0 Å². The first-order chi connectivity index (χ1) is 21.2. The van der Waals surface area contributed by atoms with E-state index in [1.54, 1.807) is 74.5 Å². The molecule has 1 aromatic heterocycles. The highest BCUT2D eigenvalue weighted by molar-refractivity contribution is 7.07. The number of fused-ring (bicyclic) bond motifs is 1. The molecule has 3 aromatic carbocycles. The normalized spacial score (nSPS) is 14.5. The number of hydrogen-bond acceptors (Lipinski definition) is 9. The minimum absolute atomic E-state index is 0.00477. The van der Waals surface area contributed by atoms with E-state index in [1.807, 2.05) is 6.92 Å². The summed E-state index contributed by atoms with van der Waals surface area (Å²) in [5.41, 5.74) is 2.63. The molecule has 0 saturated carbocycles. The molecule has 0 radical (unpaired) electrons. The van der Waals surface area contributed by atoms with Crippen molar-refractivity contribution < 1.29 is 23.9 Å². The van der Waals surface area contributed by atoms with Gasteiger partial charge in [-0.3, -0.25) is 19.5 Å². The van der Waals surface area contributed by atoms with Crippen molar-refractivity contribution in [3.05, 3.63) is 130 Å². The Balaban J connectivity index is 1.51. The zero-order chi connectivity index (χ0) is 31.4. The van der Waals surface area contributed by atoms with Crippen LogP contribution in [-0.2, 0) is 16.1 Å². The number of hydrogen-bond donors (Lipinski definition) is 0. The van der Waals surface area contributed by atoms with Gasteiger partial charge in [0.15, 0.2) is 16.3 Å². The summed E-state index contributed by atoms with van der Waals surface area (Å²) in [7, 11) is 0. The summed E-state index contributed by atoms with van der Waals surface area (Å²) in [5, 5.41) is 11.5. The maximum absolute atomic E-state index is 13.9. The van der Waals surface area contributed by atoms with E-state index in [0.717, 1.165) is 5.56 Å². The van der Waals surface area contributed by atoms with Gasteiger partial charge in [-0.05, 0) is 79.9 Å². The Hall–Kier alpha value is -4.74. The van der Waals surface area contributed by atoms with Crippen LogP contribution in [0.5, 0.6) is 11.5 Å². The predicted octanol–water partition coefficient (Wildman–Crippen LogP) is 5.34. The number of halogens is 1. The van der Waals surface area contributed by atoms with Gasteiger partial charge in [-0.1, -0.05) is 41.1 Å². The summed E-state index contributed by atoms with van der Waals surface area (Å²) in [6.45, 7) is 6.06. The van der Waals surface area contributed by atoms with Gasteiger partial charge in [0.2, 0.25) is 0 Å². The molecule has 1 aliphatic rings. The molecule has 44 heavy (non-hydrogen) atoms. The predicted molar refractivity (Wildman–Crippen MR) is 167 cm³/mol. The Morgan fingerprint density at radius 1 is 1.05 bits per heavy atom. The fraction of sp³-hybridized carbons (Fsp3) is 0.219. The molecule has 1 unspecified atom stereocenters. The van der Waals surface area contributed by atoms with Crippen molar-refractivity contribution in [2.75, 3.05) is 13.2 Å². The van der Waals surface area contributed by atoms with Gasteiger partial charge in [0, 0.05) is 17.2 Å². The average molecular weight is 634 g/mol. The molecular weight excluding hydrogens is 606 g/mol. The third-order valence-electron chi connectivity index (χ3n) is 6.81. The molecule has 0 bridgehead atoms. The molecule has 226 valence electrons. The Labute approximate surface area is 261 Å². The van der Waals surface area contributed by atoms with Crippen molar-refractivity contribution in [1.82, 2.24) is 4.57 Å². The summed E-state index contributed by atoms with van der Waals surface area (Å²) in [4.78, 5) is 42.5. The molecule has 0 N–H and O–H groups in total. The number of esters is 1. The molecule has 0 saturated heterocycles. The quantitative estimate of drug-likeness (QED) is 0.131. The first kappa shape index (κ1) is 30.7. The van der Waals surface area contributed by atoms with Crippen LogP contribution in [0.1, 0.15) is 43.5 Å². The number of carbonyl (C=O) groups excluding carboxylic acids is 1. The Kier molecular flexibility index (Phi) is 9.26. The number of non-ortho nitro benzene ring substituents is 1. The zero-order valence-corrected chi connectivity index (χ0v) is 25.7. The number of carbonyl (C=O) groups is 1. The van der Waals surface area contributed by atoms with Gasteiger partial charge in [0.25, 0.3) is 11.2 Å². The van der Waals surface area contributed by atoms with Gasteiger partial charge >= 0.3 is 5.97 Å². The molecule has 1 atom stereocenters.